The normalized spacial score (nSPS) is 18.5. The van der Waals surface area contributed by atoms with Crippen molar-refractivity contribution in [1.82, 2.24) is 14.9 Å². The first-order chi connectivity index (χ1) is 11.6. The maximum absolute atomic E-state index is 13.0. The smallest absolute Gasteiger partial charge is 0.152 e. The van der Waals surface area contributed by atoms with Crippen LogP contribution in [0.1, 0.15) is 17.4 Å². The highest BCUT2D eigenvalue weighted by Gasteiger charge is 2.26. The Hall–Kier alpha value is -2.05. The van der Waals surface area contributed by atoms with E-state index in [1.165, 1.54) is 12.1 Å². The van der Waals surface area contributed by atoms with Crippen molar-refractivity contribution in [2.75, 3.05) is 45.2 Å². The van der Waals surface area contributed by atoms with Gasteiger partial charge in [0.2, 0.25) is 0 Å². The molecule has 0 radical (unpaired) electrons. The van der Waals surface area contributed by atoms with Gasteiger partial charge in [0.15, 0.2) is 5.82 Å². The van der Waals surface area contributed by atoms with Crippen LogP contribution in [-0.4, -0.2) is 55.2 Å². The molecule has 0 bridgehead atoms. The summed E-state index contributed by atoms with van der Waals surface area (Å²) in [6, 6.07) is 6.72. The summed E-state index contributed by atoms with van der Waals surface area (Å²) in [6.07, 6.45) is 4.24. The van der Waals surface area contributed by atoms with Crippen LogP contribution in [0.15, 0.2) is 36.7 Å². The standard InChI is InChI=1S/C18H23FN4O/c1-22(2)18-17(20-8-9-21-18)16-13-23(11-12-24-16)10-7-14-3-5-15(19)6-4-14/h3-6,8-9,16H,7,10-13H2,1-2H3/t16-/m0/s1. The Bertz CT molecular complexity index is 662. The lowest BCUT2D eigenvalue weighted by molar-refractivity contribution is -0.0315. The van der Waals surface area contributed by atoms with Crippen molar-refractivity contribution in [1.29, 1.82) is 0 Å². The molecule has 24 heavy (non-hydrogen) atoms. The lowest BCUT2D eigenvalue weighted by atomic mass is 10.1. The fourth-order valence-corrected chi connectivity index (χ4v) is 2.92. The van der Waals surface area contributed by atoms with Crippen LogP contribution < -0.4 is 4.90 Å². The molecule has 0 N–H and O–H groups in total. The van der Waals surface area contributed by atoms with Gasteiger partial charge in [0.25, 0.3) is 0 Å². The number of halogens is 1. The lowest BCUT2D eigenvalue weighted by Crippen LogP contribution is -2.40. The van der Waals surface area contributed by atoms with Crippen LogP contribution in [0.25, 0.3) is 0 Å². The second-order valence-corrected chi connectivity index (χ2v) is 6.20. The van der Waals surface area contributed by atoms with Crippen LogP contribution in [0, 0.1) is 5.82 Å². The van der Waals surface area contributed by atoms with Gasteiger partial charge in [-0.25, -0.2) is 9.37 Å². The molecule has 1 aromatic heterocycles. The van der Waals surface area contributed by atoms with Crippen molar-refractivity contribution < 1.29 is 9.13 Å². The zero-order chi connectivity index (χ0) is 16.9. The number of morpholine rings is 1. The van der Waals surface area contributed by atoms with Gasteiger partial charge in [-0.15, -0.1) is 0 Å². The van der Waals surface area contributed by atoms with E-state index in [0.29, 0.717) is 6.61 Å². The fraction of sp³-hybridized carbons (Fsp3) is 0.444. The Morgan fingerprint density at radius 1 is 1.21 bits per heavy atom. The Balaban J connectivity index is 1.63. The Labute approximate surface area is 142 Å². The molecule has 0 aliphatic carbocycles. The summed E-state index contributed by atoms with van der Waals surface area (Å²) < 4.78 is 18.9. The quantitative estimate of drug-likeness (QED) is 0.841. The second kappa shape index (κ2) is 7.68. The number of rotatable bonds is 5. The van der Waals surface area contributed by atoms with Crippen molar-refractivity contribution in [3.05, 3.63) is 53.7 Å². The predicted molar refractivity (Wildman–Crippen MR) is 91.6 cm³/mol. The van der Waals surface area contributed by atoms with Gasteiger partial charge >= 0.3 is 0 Å². The molecule has 1 fully saturated rings. The molecular weight excluding hydrogens is 307 g/mol. The molecule has 5 nitrogen and oxygen atoms in total. The molecule has 0 unspecified atom stereocenters. The third-order valence-corrected chi connectivity index (χ3v) is 4.22. The van der Waals surface area contributed by atoms with Gasteiger partial charge in [-0.05, 0) is 24.1 Å². The maximum Gasteiger partial charge on any atom is 0.152 e. The molecule has 0 amide bonds. The first-order valence-electron chi connectivity index (χ1n) is 8.20. The minimum atomic E-state index is -0.191. The number of ether oxygens (including phenoxy) is 1. The van der Waals surface area contributed by atoms with Gasteiger partial charge in [0, 0.05) is 46.1 Å². The molecule has 0 saturated carbocycles. The monoisotopic (exact) mass is 330 g/mol. The molecule has 0 spiro atoms. The number of hydrogen-bond acceptors (Lipinski definition) is 5. The van der Waals surface area contributed by atoms with E-state index in [2.05, 4.69) is 14.9 Å². The second-order valence-electron chi connectivity index (χ2n) is 6.20. The topological polar surface area (TPSA) is 41.5 Å². The molecule has 3 rings (SSSR count). The van der Waals surface area contributed by atoms with Crippen LogP contribution in [0.2, 0.25) is 0 Å². The van der Waals surface area contributed by atoms with E-state index in [9.17, 15) is 4.39 Å². The average Bonchev–Trinajstić information content (AvgIpc) is 2.61. The maximum atomic E-state index is 13.0. The van der Waals surface area contributed by atoms with Crippen molar-refractivity contribution in [2.24, 2.45) is 0 Å². The molecular formula is C18H23FN4O. The van der Waals surface area contributed by atoms with E-state index in [1.54, 1.807) is 12.4 Å². The van der Waals surface area contributed by atoms with Crippen molar-refractivity contribution >= 4 is 5.82 Å². The third-order valence-electron chi connectivity index (χ3n) is 4.22. The first-order valence-corrected chi connectivity index (χ1v) is 8.20. The fourth-order valence-electron chi connectivity index (χ4n) is 2.92. The molecule has 1 aliphatic heterocycles. The highest BCUT2D eigenvalue weighted by molar-refractivity contribution is 5.42. The van der Waals surface area contributed by atoms with Crippen molar-refractivity contribution in [3.8, 4) is 0 Å². The van der Waals surface area contributed by atoms with Crippen molar-refractivity contribution in [2.45, 2.75) is 12.5 Å². The van der Waals surface area contributed by atoms with E-state index < -0.39 is 0 Å². The predicted octanol–water partition coefficient (Wildman–Crippen LogP) is 2.30. The van der Waals surface area contributed by atoms with Gasteiger partial charge in [-0.3, -0.25) is 9.88 Å². The van der Waals surface area contributed by atoms with Crippen LogP contribution in [0.5, 0.6) is 0 Å². The highest BCUT2D eigenvalue weighted by Crippen LogP contribution is 2.26. The summed E-state index contributed by atoms with van der Waals surface area (Å²) >= 11 is 0. The SMILES string of the molecule is CN(C)c1nccnc1[C@@H]1CN(CCc2ccc(F)cc2)CCO1. The van der Waals surface area contributed by atoms with Crippen LogP contribution in [-0.2, 0) is 11.2 Å². The molecule has 6 heteroatoms. The summed E-state index contributed by atoms with van der Waals surface area (Å²) in [4.78, 5) is 13.2. The Morgan fingerprint density at radius 2 is 1.96 bits per heavy atom. The van der Waals surface area contributed by atoms with Crippen LogP contribution >= 0.6 is 0 Å². The lowest BCUT2D eigenvalue weighted by Gasteiger charge is -2.33. The molecule has 128 valence electrons. The average molecular weight is 330 g/mol. The van der Waals surface area contributed by atoms with E-state index in [4.69, 9.17) is 4.74 Å². The van der Waals surface area contributed by atoms with E-state index >= 15 is 0 Å². The highest BCUT2D eigenvalue weighted by atomic mass is 19.1. The van der Waals surface area contributed by atoms with Crippen LogP contribution in [0.3, 0.4) is 0 Å². The summed E-state index contributed by atoms with van der Waals surface area (Å²) in [5.74, 6) is 0.659. The summed E-state index contributed by atoms with van der Waals surface area (Å²) in [5, 5.41) is 0. The third kappa shape index (κ3) is 4.07. The van der Waals surface area contributed by atoms with Gasteiger partial charge in [0.05, 0.1) is 6.61 Å². The largest absolute Gasteiger partial charge is 0.369 e. The van der Waals surface area contributed by atoms with Crippen LogP contribution in [0.4, 0.5) is 10.2 Å². The first kappa shape index (κ1) is 16.8. The van der Waals surface area contributed by atoms with Gasteiger partial charge in [-0.1, -0.05) is 12.1 Å². The summed E-state index contributed by atoms with van der Waals surface area (Å²) in [5.41, 5.74) is 2.03. The minimum Gasteiger partial charge on any atom is -0.369 e. The molecule has 1 atom stereocenters. The molecule has 1 aliphatic rings. The summed E-state index contributed by atoms with van der Waals surface area (Å²) in [7, 11) is 3.92. The molecule has 2 aromatic rings. The van der Waals surface area contributed by atoms with Gasteiger partial charge in [0.1, 0.15) is 17.6 Å². The number of anilines is 1. The molecule has 1 saturated heterocycles. The number of aromatic nitrogens is 2. The molecule has 2 heterocycles. The number of hydrogen-bond donors (Lipinski definition) is 0. The van der Waals surface area contributed by atoms with E-state index in [0.717, 1.165) is 43.1 Å². The van der Waals surface area contributed by atoms with E-state index in [1.807, 2.05) is 31.1 Å². The van der Waals surface area contributed by atoms with Crippen molar-refractivity contribution in [3.63, 3.8) is 0 Å². The van der Waals surface area contributed by atoms with Gasteiger partial charge < -0.3 is 9.64 Å². The van der Waals surface area contributed by atoms with E-state index in [-0.39, 0.29) is 11.9 Å². The molecule has 1 aromatic carbocycles. The van der Waals surface area contributed by atoms with Gasteiger partial charge in [-0.2, -0.15) is 0 Å². The number of benzene rings is 1. The number of nitrogens with zero attached hydrogens (tertiary/aromatic N) is 4. The zero-order valence-electron chi connectivity index (χ0n) is 14.2. The Kier molecular flexibility index (Phi) is 5.37. The minimum absolute atomic E-state index is 0.0712. The Morgan fingerprint density at radius 3 is 2.71 bits per heavy atom. The summed E-state index contributed by atoms with van der Waals surface area (Å²) in [6.45, 7) is 3.29. The zero-order valence-corrected chi connectivity index (χ0v) is 14.2.